The van der Waals surface area contributed by atoms with Crippen molar-refractivity contribution in [2.75, 3.05) is 12.8 Å². The summed E-state index contributed by atoms with van der Waals surface area (Å²) in [5, 5.41) is 12.2. The number of carboxylic acid groups (broad SMARTS) is 1. The van der Waals surface area contributed by atoms with Crippen LogP contribution < -0.4 is 5.32 Å². The molecule has 16 heavy (non-hydrogen) atoms. The topological polar surface area (TPSA) is 49.3 Å². The fourth-order valence-electron chi connectivity index (χ4n) is 2.12. The van der Waals surface area contributed by atoms with E-state index in [9.17, 15) is 4.79 Å². The maximum atomic E-state index is 10.9. The molecule has 2 rings (SSSR count). The Hall–Kier alpha value is -1.00. The molecule has 1 aliphatic heterocycles. The van der Waals surface area contributed by atoms with Gasteiger partial charge in [-0.1, -0.05) is 18.2 Å². The molecule has 1 aliphatic rings. The summed E-state index contributed by atoms with van der Waals surface area (Å²) in [5.41, 5.74) is 1.22. The summed E-state index contributed by atoms with van der Waals surface area (Å²) in [5.74, 6) is -0.948. The number of rotatable bonds is 3. The molecular formula is C12H15NO2S. The highest BCUT2D eigenvalue weighted by Crippen LogP contribution is 2.32. The Morgan fingerprint density at radius 2 is 2.25 bits per heavy atom. The summed E-state index contributed by atoms with van der Waals surface area (Å²) in [6.45, 7) is 0.572. The Morgan fingerprint density at radius 3 is 2.88 bits per heavy atom. The van der Waals surface area contributed by atoms with Crippen LogP contribution in [0.4, 0.5) is 0 Å². The van der Waals surface area contributed by atoms with Crippen molar-refractivity contribution in [1.29, 1.82) is 0 Å². The van der Waals surface area contributed by atoms with Crippen LogP contribution in [-0.2, 0) is 4.79 Å². The lowest BCUT2D eigenvalue weighted by molar-refractivity contribution is -0.141. The zero-order valence-electron chi connectivity index (χ0n) is 9.14. The van der Waals surface area contributed by atoms with Gasteiger partial charge in [-0.05, 0) is 24.3 Å². The van der Waals surface area contributed by atoms with Crippen molar-refractivity contribution >= 4 is 17.7 Å². The first-order chi connectivity index (χ1) is 7.72. The number of benzene rings is 1. The first kappa shape index (κ1) is 11.5. The van der Waals surface area contributed by atoms with Gasteiger partial charge in [-0.3, -0.25) is 4.79 Å². The number of thioether (sulfide) groups is 1. The number of carboxylic acids is 1. The highest BCUT2D eigenvalue weighted by molar-refractivity contribution is 7.98. The summed E-state index contributed by atoms with van der Waals surface area (Å²) in [6.07, 6.45) is 2.73. The average molecular weight is 237 g/mol. The van der Waals surface area contributed by atoms with Crippen LogP contribution in [0.1, 0.15) is 18.0 Å². The van der Waals surface area contributed by atoms with Gasteiger partial charge in [0.25, 0.3) is 0 Å². The Labute approximate surface area is 99.2 Å². The first-order valence-electron chi connectivity index (χ1n) is 5.31. The van der Waals surface area contributed by atoms with E-state index in [0.29, 0.717) is 13.0 Å². The lowest BCUT2D eigenvalue weighted by atomic mass is 10.0. The third kappa shape index (κ3) is 2.23. The van der Waals surface area contributed by atoms with Crippen LogP contribution in [-0.4, -0.2) is 23.9 Å². The molecule has 0 aliphatic carbocycles. The predicted octanol–water partition coefficient (Wildman–Crippen LogP) is 2.14. The highest BCUT2D eigenvalue weighted by atomic mass is 32.2. The van der Waals surface area contributed by atoms with E-state index in [2.05, 4.69) is 17.4 Å². The molecule has 1 heterocycles. The molecule has 0 spiro atoms. The molecule has 1 fully saturated rings. The molecular weight excluding hydrogens is 222 g/mol. The quantitative estimate of drug-likeness (QED) is 0.791. The number of nitrogens with one attached hydrogen (secondary N) is 1. The van der Waals surface area contributed by atoms with Gasteiger partial charge in [0.15, 0.2) is 0 Å². The van der Waals surface area contributed by atoms with Crippen LogP contribution in [0, 0.1) is 5.92 Å². The number of carbonyl (C=O) groups is 1. The fraction of sp³-hybridized carbons (Fsp3) is 0.417. The molecule has 2 atom stereocenters. The van der Waals surface area contributed by atoms with Crippen molar-refractivity contribution in [3.63, 3.8) is 0 Å². The van der Waals surface area contributed by atoms with Crippen molar-refractivity contribution in [1.82, 2.24) is 5.32 Å². The van der Waals surface area contributed by atoms with Gasteiger partial charge >= 0.3 is 5.97 Å². The molecule has 2 unspecified atom stereocenters. The normalized spacial score (nSPS) is 24.6. The van der Waals surface area contributed by atoms with Gasteiger partial charge in [-0.25, -0.2) is 0 Å². The lowest BCUT2D eigenvalue weighted by Gasteiger charge is -2.14. The summed E-state index contributed by atoms with van der Waals surface area (Å²) >= 11 is 1.70. The molecule has 0 amide bonds. The molecule has 4 heteroatoms. The van der Waals surface area contributed by atoms with Gasteiger partial charge in [-0.2, -0.15) is 0 Å². The molecule has 0 radical (unpaired) electrons. The van der Waals surface area contributed by atoms with Crippen LogP contribution in [0.2, 0.25) is 0 Å². The monoisotopic (exact) mass is 237 g/mol. The predicted molar refractivity (Wildman–Crippen MR) is 64.7 cm³/mol. The molecule has 1 aromatic carbocycles. The number of hydrogen-bond donors (Lipinski definition) is 2. The van der Waals surface area contributed by atoms with Gasteiger partial charge in [0.05, 0.1) is 5.92 Å². The molecule has 3 nitrogen and oxygen atoms in total. The highest BCUT2D eigenvalue weighted by Gasteiger charge is 2.30. The van der Waals surface area contributed by atoms with E-state index in [1.807, 2.05) is 18.4 Å². The van der Waals surface area contributed by atoms with Crippen molar-refractivity contribution in [3.05, 3.63) is 29.8 Å². The van der Waals surface area contributed by atoms with Gasteiger partial charge in [-0.15, -0.1) is 11.8 Å². The Kier molecular flexibility index (Phi) is 3.51. The molecule has 0 bridgehead atoms. The minimum Gasteiger partial charge on any atom is -0.481 e. The third-order valence-electron chi connectivity index (χ3n) is 2.99. The van der Waals surface area contributed by atoms with E-state index in [1.54, 1.807) is 11.8 Å². The van der Waals surface area contributed by atoms with Crippen LogP contribution in [0.25, 0.3) is 0 Å². The Morgan fingerprint density at radius 1 is 1.50 bits per heavy atom. The minimum atomic E-state index is -0.698. The molecule has 0 saturated carbocycles. The van der Waals surface area contributed by atoms with Gasteiger partial charge in [0, 0.05) is 17.5 Å². The zero-order chi connectivity index (χ0) is 11.5. The average Bonchev–Trinajstić information content (AvgIpc) is 2.78. The first-order valence-corrected chi connectivity index (χ1v) is 6.54. The largest absolute Gasteiger partial charge is 0.481 e. The van der Waals surface area contributed by atoms with Gasteiger partial charge in [0.1, 0.15) is 0 Å². The van der Waals surface area contributed by atoms with Gasteiger partial charge < -0.3 is 10.4 Å². The molecule has 1 saturated heterocycles. The van der Waals surface area contributed by atoms with Crippen LogP contribution in [0.15, 0.2) is 29.2 Å². The second-order valence-electron chi connectivity index (χ2n) is 3.97. The molecule has 1 aromatic rings. The fourth-order valence-corrected chi connectivity index (χ4v) is 2.78. The van der Waals surface area contributed by atoms with Crippen molar-refractivity contribution in [3.8, 4) is 0 Å². The summed E-state index contributed by atoms with van der Waals surface area (Å²) in [6, 6.07) is 8.36. The van der Waals surface area contributed by atoms with Gasteiger partial charge in [0.2, 0.25) is 0 Å². The smallest absolute Gasteiger partial charge is 0.307 e. The maximum absolute atomic E-state index is 10.9. The van der Waals surface area contributed by atoms with E-state index >= 15 is 0 Å². The lowest BCUT2D eigenvalue weighted by Crippen LogP contribution is -2.17. The number of aliphatic carboxylic acids is 1. The third-order valence-corrected chi connectivity index (χ3v) is 3.81. The van der Waals surface area contributed by atoms with Crippen LogP contribution in [0.3, 0.4) is 0 Å². The number of hydrogen-bond acceptors (Lipinski definition) is 3. The molecule has 0 aromatic heterocycles. The Bertz CT molecular complexity index is 394. The molecule has 2 N–H and O–H groups in total. The zero-order valence-corrected chi connectivity index (χ0v) is 9.96. The summed E-state index contributed by atoms with van der Waals surface area (Å²) in [7, 11) is 0. The van der Waals surface area contributed by atoms with Crippen LogP contribution in [0.5, 0.6) is 0 Å². The van der Waals surface area contributed by atoms with Crippen molar-refractivity contribution < 1.29 is 9.90 Å². The minimum absolute atomic E-state index is 0.185. The summed E-state index contributed by atoms with van der Waals surface area (Å²) < 4.78 is 0. The van der Waals surface area contributed by atoms with E-state index in [-0.39, 0.29) is 12.0 Å². The molecule has 86 valence electrons. The summed E-state index contributed by atoms with van der Waals surface area (Å²) in [4.78, 5) is 12.1. The second kappa shape index (κ2) is 4.89. The van der Waals surface area contributed by atoms with E-state index in [0.717, 1.165) is 0 Å². The van der Waals surface area contributed by atoms with E-state index < -0.39 is 5.97 Å². The maximum Gasteiger partial charge on any atom is 0.307 e. The van der Waals surface area contributed by atoms with E-state index in [1.165, 1.54) is 10.5 Å². The standard InChI is InChI=1S/C12H15NO2S/c1-16-11-5-3-2-4-9(11)10-6-8(7-13-10)12(14)15/h2-5,8,10,13H,6-7H2,1H3,(H,14,15). The van der Waals surface area contributed by atoms with Crippen molar-refractivity contribution in [2.45, 2.75) is 17.4 Å². The Balaban J connectivity index is 2.17. The van der Waals surface area contributed by atoms with Crippen LogP contribution >= 0.6 is 11.8 Å². The van der Waals surface area contributed by atoms with Crippen molar-refractivity contribution in [2.24, 2.45) is 5.92 Å². The SMILES string of the molecule is CSc1ccccc1C1CC(C(=O)O)CN1. The second-order valence-corrected chi connectivity index (χ2v) is 4.82. The van der Waals surface area contributed by atoms with E-state index in [4.69, 9.17) is 5.11 Å².